The summed E-state index contributed by atoms with van der Waals surface area (Å²) >= 11 is 0. The van der Waals surface area contributed by atoms with Crippen LogP contribution in [-0.2, 0) is 0 Å². The molecule has 0 radical (unpaired) electrons. The van der Waals surface area contributed by atoms with Crippen LogP contribution in [0, 0.1) is 0 Å². The van der Waals surface area contributed by atoms with Crippen LogP contribution in [0.4, 0.5) is 17.2 Å². The van der Waals surface area contributed by atoms with Crippen molar-refractivity contribution in [3.8, 4) is 0 Å². The number of nitrogens with one attached hydrogen (secondary N) is 1. The first-order valence-corrected chi connectivity index (χ1v) is 5.86. The summed E-state index contributed by atoms with van der Waals surface area (Å²) in [6.07, 6.45) is 1.53. The molecule has 2 aromatic rings. The predicted molar refractivity (Wildman–Crippen MR) is 77.4 cm³/mol. The average molecular weight is 256 g/mol. The quantitative estimate of drug-likeness (QED) is 0.881. The molecule has 5 heteroatoms. The molecule has 0 aliphatic carbocycles. The van der Waals surface area contributed by atoms with E-state index in [0.29, 0.717) is 17.1 Å². The van der Waals surface area contributed by atoms with E-state index in [9.17, 15) is 4.79 Å². The lowest BCUT2D eigenvalue weighted by Gasteiger charge is -2.13. The van der Waals surface area contributed by atoms with Gasteiger partial charge in [-0.3, -0.25) is 4.79 Å². The fourth-order valence-electron chi connectivity index (χ4n) is 1.61. The molecule has 0 fully saturated rings. The summed E-state index contributed by atoms with van der Waals surface area (Å²) in [6, 6.07) is 10.8. The number of nitrogen functional groups attached to an aromatic ring is 1. The van der Waals surface area contributed by atoms with Gasteiger partial charge in [-0.05, 0) is 30.3 Å². The fraction of sp³-hybridized carbons (Fsp3) is 0.143. The SMILES string of the molecule is CN(C)c1cccc(C(=O)Nc2ccc(N)nc2)c1. The number of anilines is 3. The Hall–Kier alpha value is -2.56. The van der Waals surface area contributed by atoms with Crippen molar-refractivity contribution >= 4 is 23.1 Å². The number of aromatic nitrogens is 1. The molecule has 0 aliphatic rings. The van der Waals surface area contributed by atoms with Crippen molar-refractivity contribution in [3.05, 3.63) is 48.2 Å². The monoisotopic (exact) mass is 256 g/mol. The molecule has 1 amide bonds. The maximum absolute atomic E-state index is 12.1. The summed E-state index contributed by atoms with van der Waals surface area (Å²) < 4.78 is 0. The summed E-state index contributed by atoms with van der Waals surface area (Å²) in [4.78, 5) is 18.0. The van der Waals surface area contributed by atoms with Crippen LogP contribution in [0.1, 0.15) is 10.4 Å². The first kappa shape index (κ1) is 12.9. The van der Waals surface area contributed by atoms with Gasteiger partial charge in [-0.2, -0.15) is 0 Å². The van der Waals surface area contributed by atoms with Gasteiger partial charge >= 0.3 is 0 Å². The molecule has 0 atom stereocenters. The summed E-state index contributed by atoms with van der Waals surface area (Å²) in [7, 11) is 3.86. The summed E-state index contributed by atoms with van der Waals surface area (Å²) in [5, 5.41) is 2.78. The van der Waals surface area contributed by atoms with E-state index in [1.54, 1.807) is 18.2 Å². The molecular formula is C14H16N4O. The van der Waals surface area contributed by atoms with E-state index in [-0.39, 0.29) is 5.91 Å². The largest absolute Gasteiger partial charge is 0.384 e. The molecule has 19 heavy (non-hydrogen) atoms. The lowest BCUT2D eigenvalue weighted by molar-refractivity contribution is 0.102. The molecule has 0 saturated carbocycles. The Kier molecular flexibility index (Phi) is 3.66. The minimum absolute atomic E-state index is 0.171. The minimum atomic E-state index is -0.171. The summed E-state index contributed by atoms with van der Waals surface area (Å²) in [5.41, 5.74) is 7.69. The van der Waals surface area contributed by atoms with Gasteiger partial charge in [0, 0.05) is 25.3 Å². The van der Waals surface area contributed by atoms with E-state index in [0.717, 1.165) is 5.69 Å². The first-order chi connectivity index (χ1) is 9.06. The van der Waals surface area contributed by atoms with Gasteiger partial charge in [0.2, 0.25) is 0 Å². The first-order valence-electron chi connectivity index (χ1n) is 5.86. The van der Waals surface area contributed by atoms with E-state index in [1.807, 2.05) is 37.2 Å². The van der Waals surface area contributed by atoms with Crippen LogP contribution in [0.15, 0.2) is 42.6 Å². The van der Waals surface area contributed by atoms with Crippen molar-refractivity contribution < 1.29 is 4.79 Å². The van der Waals surface area contributed by atoms with Crippen molar-refractivity contribution in [1.29, 1.82) is 0 Å². The van der Waals surface area contributed by atoms with Gasteiger partial charge in [-0.25, -0.2) is 4.98 Å². The molecule has 2 rings (SSSR count). The molecule has 0 aliphatic heterocycles. The third-order valence-electron chi connectivity index (χ3n) is 2.67. The molecule has 0 bridgehead atoms. The Morgan fingerprint density at radius 3 is 2.68 bits per heavy atom. The Labute approximate surface area is 112 Å². The Balaban J connectivity index is 2.15. The van der Waals surface area contributed by atoms with Gasteiger partial charge < -0.3 is 16.0 Å². The predicted octanol–water partition coefficient (Wildman–Crippen LogP) is 1.98. The topological polar surface area (TPSA) is 71.2 Å². The number of hydrogen-bond donors (Lipinski definition) is 2. The van der Waals surface area contributed by atoms with Gasteiger partial charge in [0.1, 0.15) is 5.82 Å². The van der Waals surface area contributed by atoms with Crippen LogP contribution < -0.4 is 16.0 Å². The Morgan fingerprint density at radius 1 is 1.26 bits per heavy atom. The third kappa shape index (κ3) is 3.22. The van der Waals surface area contributed by atoms with Crippen LogP contribution in [-0.4, -0.2) is 25.0 Å². The lowest BCUT2D eigenvalue weighted by atomic mass is 10.2. The average Bonchev–Trinajstić information content (AvgIpc) is 2.41. The minimum Gasteiger partial charge on any atom is -0.384 e. The highest BCUT2D eigenvalue weighted by Crippen LogP contribution is 2.15. The lowest BCUT2D eigenvalue weighted by Crippen LogP contribution is -2.14. The molecule has 1 aromatic heterocycles. The zero-order chi connectivity index (χ0) is 13.8. The Bertz CT molecular complexity index is 578. The second-order valence-electron chi connectivity index (χ2n) is 4.37. The third-order valence-corrected chi connectivity index (χ3v) is 2.67. The van der Waals surface area contributed by atoms with Crippen LogP contribution in [0.25, 0.3) is 0 Å². The highest BCUT2D eigenvalue weighted by Gasteiger charge is 2.07. The zero-order valence-electron chi connectivity index (χ0n) is 10.9. The number of nitrogens with two attached hydrogens (primary N) is 1. The molecular weight excluding hydrogens is 240 g/mol. The van der Waals surface area contributed by atoms with E-state index in [1.165, 1.54) is 6.20 Å². The number of nitrogens with zero attached hydrogens (tertiary/aromatic N) is 2. The van der Waals surface area contributed by atoms with Crippen molar-refractivity contribution in [2.45, 2.75) is 0 Å². The molecule has 0 spiro atoms. The van der Waals surface area contributed by atoms with Gasteiger partial charge in [0.25, 0.3) is 5.91 Å². The second-order valence-corrected chi connectivity index (χ2v) is 4.37. The molecule has 98 valence electrons. The molecule has 0 unspecified atom stereocenters. The van der Waals surface area contributed by atoms with Gasteiger partial charge in [-0.1, -0.05) is 6.07 Å². The number of hydrogen-bond acceptors (Lipinski definition) is 4. The highest BCUT2D eigenvalue weighted by atomic mass is 16.1. The fourth-order valence-corrected chi connectivity index (χ4v) is 1.61. The van der Waals surface area contributed by atoms with Crippen LogP contribution in [0.5, 0.6) is 0 Å². The molecule has 3 N–H and O–H groups in total. The number of benzene rings is 1. The van der Waals surface area contributed by atoms with E-state index >= 15 is 0 Å². The van der Waals surface area contributed by atoms with E-state index in [2.05, 4.69) is 10.3 Å². The van der Waals surface area contributed by atoms with E-state index in [4.69, 9.17) is 5.73 Å². The number of carbonyl (C=O) groups is 1. The van der Waals surface area contributed by atoms with Crippen molar-refractivity contribution in [2.24, 2.45) is 0 Å². The zero-order valence-corrected chi connectivity index (χ0v) is 10.9. The van der Waals surface area contributed by atoms with E-state index < -0.39 is 0 Å². The van der Waals surface area contributed by atoms with Gasteiger partial charge in [0.05, 0.1) is 11.9 Å². The molecule has 1 heterocycles. The van der Waals surface area contributed by atoms with Crippen molar-refractivity contribution in [3.63, 3.8) is 0 Å². The highest BCUT2D eigenvalue weighted by molar-refractivity contribution is 6.04. The normalized spacial score (nSPS) is 10.0. The maximum atomic E-state index is 12.1. The standard InChI is InChI=1S/C14H16N4O/c1-18(2)12-5-3-4-10(8-12)14(19)17-11-6-7-13(15)16-9-11/h3-9H,1-2H3,(H2,15,16)(H,17,19). The van der Waals surface area contributed by atoms with Crippen molar-refractivity contribution in [1.82, 2.24) is 4.98 Å². The number of rotatable bonds is 3. The second kappa shape index (κ2) is 5.39. The molecule has 5 nitrogen and oxygen atoms in total. The van der Waals surface area contributed by atoms with Crippen molar-refractivity contribution in [2.75, 3.05) is 30.0 Å². The van der Waals surface area contributed by atoms with Crippen LogP contribution >= 0.6 is 0 Å². The van der Waals surface area contributed by atoms with Crippen LogP contribution in [0.3, 0.4) is 0 Å². The Morgan fingerprint density at radius 2 is 2.05 bits per heavy atom. The summed E-state index contributed by atoms with van der Waals surface area (Å²) in [6.45, 7) is 0. The van der Waals surface area contributed by atoms with Gasteiger partial charge in [-0.15, -0.1) is 0 Å². The van der Waals surface area contributed by atoms with Gasteiger partial charge in [0.15, 0.2) is 0 Å². The smallest absolute Gasteiger partial charge is 0.255 e. The molecule has 0 saturated heterocycles. The van der Waals surface area contributed by atoms with Crippen LogP contribution in [0.2, 0.25) is 0 Å². The number of pyridine rings is 1. The summed E-state index contributed by atoms with van der Waals surface area (Å²) in [5.74, 6) is 0.253. The number of amides is 1. The maximum Gasteiger partial charge on any atom is 0.255 e. The number of carbonyl (C=O) groups excluding carboxylic acids is 1. The molecule has 1 aromatic carbocycles.